The molecule has 3 N–H and O–H groups in total. The van der Waals surface area contributed by atoms with Gasteiger partial charge in [-0.1, -0.05) is 74.2 Å². The molecule has 1 aliphatic heterocycles. The molecule has 8 nitrogen and oxygen atoms in total. The second kappa shape index (κ2) is 22.4. The fraction of sp³-hybridized carbons (Fsp3) is 0.302. The van der Waals surface area contributed by atoms with Crippen LogP contribution < -0.4 is 20.1 Å². The summed E-state index contributed by atoms with van der Waals surface area (Å²) in [6.45, 7) is 5.95. The van der Waals surface area contributed by atoms with E-state index >= 15 is 0 Å². The van der Waals surface area contributed by atoms with Crippen LogP contribution in [-0.4, -0.2) is 67.6 Å². The lowest BCUT2D eigenvalue weighted by Crippen LogP contribution is -2.32. The van der Waals surface area contributed by atoms with Gasteiger partial charge in [0.05, 0.1) is 17.1 Å². The van der Waals surface area contributed by atoms with Gasteiger partial charge in [-0.2, -0.15) is 0 Å². The summed E-state index contributed by atoms with van der Waals surface area (Å²) in [4.78, 5) is 17.6. The zero-order valence-corrected chi connectivity index (χ0v) is 31.9. The number of hydrogen-bond donors (Lipinski definition) is 3. The molecule has 0 saturated carbocycles. The first-order valence-corrected chi connectivity index (χ1v) is 19.7. The fourth-order valence-corrected chi connectivity index (χ4v) is 6.74. The van der Waals surface area contributed by atoms with Gasteiger partial charge in [-0.05, 0) is 103 Å². The lowest BCUT2D eigenvalue weighted by Gasteiger charge is -2.15. The lowest BCUT2D eigenvalue weighted by atomic mass is 10.1. The van der Waals surface area contributed by atoms with Crippen molar-refractivity contribution in [2.45, 2.75) is 51.0 Å². The molecule has 0 radical (unpaired) electrons. The number of amides is 1. The van der Waals surface area contributed by atoms with Gasteiger partial charge in [-0.25, -0.2) is 4.99 Å². The van der Waals surface area contributed by atoms with Crippen molar-refractivity contribution in [3.05, 3.63) is 132 Å². The highest BCUT2D eigenvalue weighted by molar-refractivity contribution is 7.13. The van der Waals surface area contributed by atoms with E-state index in [1.54, 1.807) is 24.3 Å². The van der Waals surface area contributed by atoms with Gasteiger partial charge in [0, 0.05) is 23.7 Å². The van der Waals surface area contributed by atoms with Crippen molar-refractivity contribution in [1.82, 2.24) is 15.1 Å². The molecule has 1 atom stereocenters. The molecule has 288 valence electrons. The molecule has 12 heteroatoms. The van der Waals surface area contributed by atoms with Crippen molar-refractivity contribution in [3.8, 4) is 22.1 Å². The van der Waals surface area contributed by atoms with Crippen molar-refractivity contribution < 1.29 is 28.0 Å². The number of aliphatic imine (C=N–C) groups is 1. The standard InChI is InChI=1S/C43H49BF2N4O4S/c1-2-12-34-13-7-8-14-41(34)54-31-38(51)30-47-26-9-5-3-4-6-10-27-48-43(52)32-53-39-23-17-33(18-24-39)16-19-35-20-21-36(49-35)29-37-22-25-40(50(37)44(45)46)42-15-11-28-55-42/h2,7-8,11,13-25,28-29,38,47,51H,1,3-6,9-10,12,26-27,30-32H2,(H,48,52)/b19-16+,36-29-/t38-/m0/s1. The van der Waals surface area contributed by atoms with Crippen molar-refractivity contribution >= 4 is 42.5 Å². The SMILES string of the molecule is C=CCc1ccccc1OC[C@@H](O)CNCCCCCCCCNC(=O)COc1ccc(/C=C/C2=NC(=C\c3ccc(-c4cccs4)n3B(F)F)/C=C2)cc1. The Labute approximate surface area is 327 Å². The topological polar surface area (TPSA) is 97.1 Å². The maximum atomic E-state index is 13.9. The van der Waals surface area contributed by atoms with Crippen LogP contribution in [0.15, 0.2) is 120 Å². The molecule has 4 aromatic rings. The monoisotopic (exact) mass is 766 g/mol. The number of thiophene rings is 1. The normalized spacial score (nSPS) is 13.7. The van der Waals surface area contributed by atoms with Gasteiger partial charge in [0.15, 0.2) is 6.61 Å². The molecule has 2 aromatic heterocycles. The molecule has 1 amide bonds. The van der Waals surface area contributed by atoms with E-state index < -0.39 is 13.5 Å². The zero-order valence-electron chi connectivity index (χ0n) is 31.0. The number of halogens is 2. The highest BCUT2D eigenvalue weighted by Gasteiger charge is 2.24. The van der Waals surface area contributed by atoms with E-state index in [1.807, 2.05) is 90.3 Å². The minimum Gasteiger partial charge on any atom is -0.491 e. The summed E-state index contributed by atoms with van der Waals surface area (Å²) >= 11 is 1.42. The molecule has 0 unspecified atom stereocenters. The number of aromatic nitrogens is 1. The molecule has 1 aliphatic rings. The van der Waals surface area contributed by atoms with E-state index in [0.29, 0.717) is 41.6 Å². The number of unbranched alkanes of at least 4 members (excludes halogenated alkanes) is 5. The summed E-state index contributed by atoms with van der Waals surface area (Å²) in [5.41, 5.74) is 4.17. The molecule has 5 rings (SSSR count). The van der Waals surface area contributed by atoms with Gasteiger partial charge in [0.25, 0.3) is 5.91 Å². The van der Waals surface area contributed by atoms with Crippen LogP contribution in [-0.2, 0) is 11.2 Å². The number of benzene rings is 2. The Morgan fingerprint density at radius 3 is 2.47 bits per heavy atom. The van der Waals surface area contributed by atoms with E-state index in [0.717, 1.165) is 77.7 Å². The van der Waals surface area contributed by atoms with Crippen LogP contribution in [0.4, 0.5) is 8.63 Å². The third-order valence-electron chi connectivity index (χ3n) is 8.84. The van der Waals surface area contributed by atoms with Crippen LogP contribution in [0.2, 0.25) is 0 Å². The van der Waals surface area contributed by atoms with Crippen LogP contribution in [0.1, 0.15) is 55.3 Å². The van der Waals surface area contributed by atoms with Crippen molar-refractivity contribution in [2.75, 3.05) is 32.8 Å². The number of nitrogens with zero attached hydrogens (tertiary/aromatic N) is 2. The quantitative estimate of drug-likeness (QED) is 0.0377. The van der Waals surface area contributed by atoms with Crippen molar-refractivity contribution in [1.29, 1.82) is 0 Å². The molecule has 0 bridgehead atoms. The van der Waals surface area contributed by atoms with Gasteiger partial charge in [-0.15, -0.1) is 17.9 Å². The Morgan fingerprint density at radius 2 is 1.71 bits per heavy atom. The van der Waals surface area contributed by atoms with Gasteiger partial charge < -0.3 is 29.7 Å². The van der Waals surface area contributed by atoms with Crippen molar-refractivity contribution in [2.24, 2.45) is 4.99 Å². The first-order chi connectivity index (χ1) is 26.9. The highest BCUT2D eigenvalue weighted by Crippen LogP contribution is 2.29. The number of ether oxygens (including phenoxy) is 2. The van der Waals surface area contributed by atoms with E-state index in [2.05, 4.69) is 22.2 Å². The molecular weight excluding hydrogens is 717 g/mol. The molecule has 3 heterocycles. The van der Waals surface area contributed by atoms with Crippen molar-refractivity contribution in [3.63, 3.8) is 0 Å². The number of hydrogen-bond acceptors (Lipinski definition) is 7. The number of carbonyl (C=O) groups is 1. The summed E-state index contributed by atoms with van der Waals surface area (Å²) in [6.07, 6.45) is 17.5. The summed E-state index contributed by atoms with van der Waals surface area (Å²) in [5, 5.41) is 18.3. The molecular formula is C43H49BF2N4O4S. The van der Waals surface area contributed by atoms with E-state index in [1.165, 1.54) is 11.3 Å². The number of aliphatic hydroxyl groups is 1. The van der Waals surface area contributed by atoms with Crippen LogP contribution in [0.25, 0.3) is 22.7 Å². The van der Waals surface area contributed by atoms with Gasteiger partial charge in [0.1, 0.15) is 24.2 Å². The Balaban J connectivity index is 0.891. The second-order valence-corrected chi connectivity index (χ2v) is 14.1. The third-order valence-corrected chi connectivity index (χ3v) is 9.74. The predicted octanol–water partition coefficient (Wildman–Crippen LogP) is 8.65. The Hall–Kier alpha value is -5.04. The smallest absolute Gasteiger partial charge is 0.491 e. The highest BCUT2D eigenvalue weighted by atomic mass is 32.1. The maximum absolute atomic E-state index is 13.9. The van der Waals surface area contributed by atoms with Crippen LogP contribution in [0.5, 0.6) is 11.5 Å². The lowest BCUT2D eigenvalue weighted by molar-refractivity contribution is -0.123. The Kier molecular flexibility index (Phi) is 16.7. The minimum atomic E-state index is -2.67. The molecule has 2 aromatic carbocycles. The summed E-state index contributed by atoms with van der Waals surface area (Å²) in [5.74, 6) is 1.24. The zero-order chi connectivity index (χ0) is 38.7. The Morgan fingerprint density at radius 1 is 0.927 bits per heavy atom. The first kappa shape index (κ1) is 41.1. The molecule has 0 saturated heterocycles. The molecule has 0 fully saturated rings. The number of carbonyl (C=O) groups excluding carboxylic acids is 1. The maximum Gasteiger partial charge on any atom is 0.678 e. The van der Waals surface area contributed by atoms with Gasteiger partial charge >= 0.3 is 7.40 Å². The Bertz CT molecular complexity index is 1920. The summed E-state index contributed by atoms with van der Waals surface area (Å²) < 4.78 is 40.3. The summed E-state index contributed by atoms with van der Waals surface area (Å²) in [7, 11) is -2.67. The first-order valence-electron chi connectivity index (χ1n) is 18.8. The molecule has 0 aliphatic carbocycles. The third kappa shape index (κ3) is 13.6. The van der Waals surface area contributed by atoms with Crippen LogP contribution in [0, 0.1) is 0 Å². The number of para-hydroxylation sites is 1. The van der Waals surface area contributed by atoms with Crippen LogP contribution in [0.3, 0.4) is 0 Å². The minimum absolute atomic E-state index is 0.0495. The molecule has 0 spiro atoms. The molecule has 55 heavy (non-hydrogen) atoms. The average Bonchev–Trinajstić information content (AvgIpc) is 3.98. The largest absolute Gasteiger partial charge is 0.678 e. The predicted molar refractivity (Wildman–Crippen MR) is 222 cm³/mol. The van der Waals surface area contributed by atoms with E-state index in [-0.39, 0.29) is 19.1 Å². The van der Waals surface area contributed by atoms with Gasteiger partial charge in [0.2, 0.25) is 0 Å². The number of rotatable bonds is 24. The second-order valence-electron chi connectivity index (χ2n) is 13.1. The number of allylic oxidation sites excluding steroid dienone is 4. The number of aliphatic hydroxyl groups excluding tert-OH is 1. The van der Waals surface area contributed by atoms with Crippen LogP contribution >= 0.6 is 11.3 Å². The number of nitrogens with one attached hydrogen (secondary N) is 2. The van der Waals surface area contributed by atoms with Gasteiger partial charge in [-0.3, -0.25) is 13.4 Å². The van der Waals surface area contributed by atoms with E-state index in [9.17, 15) is 18.5 Å². The summed E-state index contributed by atoms with van der Waals surface area (Å²) in [6, 6.07) is 22.3. The average molecular weight is 767 g/mol. The fourth-order valence-electron chi connectivity index (χ4n) is 5.99. The van der Waals surface area contributed by atoms with E-state index in [4.69, 9.17) is 9.47 Å².